The van der Waals surface area contributed by atoms with E-state index in [1.807, 2.05) is 43.3 Å². The normalized spacial score (nSPS) is 10.6. The molecule has 0 aliphatic heterocycles. The Morgan fingerprint density at radius 2 is 2.05 bits per heavy atom. The average Bonchev–Trinajstić information content (AvgIpc) is 3.04. The lowest BCUT2D eigenvalue weighted by Crippen LogP contribution is -1.96. The molecule has 0 saturated heterocycles. The second kappa shape index (κ2) is 5.54. The number of hydrogen-bond acceptors (Lipinski definition) is 4. The van der Waals surface area contributed by atoms with E-state index in [1.165, 1.54) is 0 Å². The lowest BCUT2D eigenvalue weighted by molar-refractivity contribution is 0.416. The predicted octanol–water partition coefficient (Wildman–Crippen LogP) is 3.30. The average molecular weight is 301 g/mol. The molecule has 0 fully saturated rings. The molecule has 106 valence electrons. The topological polar surface area (TPSA) is 52.8 Å². The van der Waals surface area contributed by atoms with Crippen molar-refractivity contribution in [1.29, 1.82) is 0 Å². The Labute approximate surface area is 127 Å². The fraction of sp³-hybridized carbons (Fsp3) is 0.133. The van der Waals surface area contributed by atoms with E-state index in [0.717, 1.165) is 22.4 Å². The van der Waals surface area contributed by atoms with Crippen molar-refractivity contribution in [3.63, 3.8) is 0 Å². The second-order valence-corrected chi connectivity index (χ2v) is 4.96. The van der Waals surface area contributed by atoms with Crippen molar-refractivity contribution in [1.82, 2.24) is 20.2 Å². The molecule has 3 rings (SSSR count). The number of rotatable bonds is 3. The Kier molecular flexibility index (Phi) is 3.58. The molecule has 21 heavy (non-hydrogen) atoms. The largest absolute Gasteiger partial charge is 0.495 e. The first-order valence-corrected chi connectivity index (χ1v) is 6.75. The van der Waals surface area contributed by atoms with Crippen molar-refractivity contribution in [3.8, 4) is 22.6 Å². The number of benzene rings is 2. The highest BCUT2D eigenvalue weighted by atomic mass is 35.5. The first-order valence-electron chi connectivity index (χ1n) is 6.37. The molecule has 3 aromatic rings. The summed E-state index contributed by atoms with van der Waals surface area (Å²) in [7, 11) is 1.62. The molecule has 0 radical (unpaired) electrons. The summed E-state index contributed by atoms with van der Waals surface area (Å²) in [6.45, 7) is 1.95. The van der Waals surface area contributed by atoms with E-state index >= 15 is 0 Å². The van der Waals surface area contributed by atoms with E-state index < -0.39 is 0 Å². The number of halogens is 1. The highest BCUT2D eigenvalue weighted by Crippen LogP contribution is 2.38. The first kappa shape index (κ1) is 13.6. The van der Waals surface area contributed by atoms with Gasteiger partial charge >= 0.3 is 0 Å². The Hall–Kier alpha value is -2.40. The van der Waals surface area contributed by atoms with E-state index in [4.69, 9.17) is 16.3 Å². The van der Waals surface area contributed by atoms with Crippen LogP contribution in [-0.2, 0) is 0 Å². The minimum absolute atomic E-state index is 0.628. The Balaban J connectivity index is 2.13. The number of hydrogen-bond donors (Lipinski definition) is 0. The van der Waals surface area contributed by atoms with Gasteiger partial charge in [-0.3, -0.25) is 0 Å². The Bertz CT molecular complexity index is 771. The number of nitrogens with zero attached hydrogens (tertiary/aromatic N) is 4. The quantitative estimate of drug-likeness (QED) is 0.745. The molecule has 0 N–H and O–H groups in total. The minimum Gasteiger partial charge on any atom is -0.495 e. The Morgan fingerprint density at radius 1 is 1.19 bits per heavy atom. The van der Waals surface area contributed by atoms with Gasteiger partial charge in [-0.1, -0.05) is 35.9 Å². The van der Waals surface area contributed by atoms with Gasteiger partial charge in [0.25, 0.3) is 0 Å². The third-order valence-corrected chi connectivity index (χ3v) is 3.73. The first-order chi connectivity index (χ1) is 10.2. The maximum atomic E-state index is 6.33. The van der Waals surface area contributed by atoms with Crippen LogP contribution in [0.25, 0.3) is 16.8 Å². The van der Waals surface area contributed by atoms with E-state index in [2.05, 4.69) is 15.5 Å². The maximum Gasteiger partial charge on any atom is 0.145 e. The lowest BCUT2D eigenvalue weighted by Gasteiger charge is -2.13. The molecule has 0 aliphatic rings. The number of aromatic nitrogens is 4. The fourth-order valence-corrected chi connectivity index (χ4v) is 2.42. The summed E-state index contributed by atoms with van der Waals surface area (Å²) >= 11 is 6.33. The van der Waals surface area contributed by atoms with Crippen molar-refractivity contribution < 1.29 is 4.74 Å². The van der Waals surface area contributed by atoms with Gasteiger partial charge in [0.1, 0.15) is 12.1 Å². The summed E-state index contributed by atoms with van der Waals surface area (Å²) in [6.07, 6.45) is 1.55. The van der Waals surface area contributed by atoms with Crippen LogP contribution >= 0.6 is 11.6 Å². The molecule has 5 nitrogen and oxygen atoms in total. The van der Waals surface area contributed by atoms with Crippen LogP contribution in [0, 0.1) is 6.92 Å². The molecule has 2 aromatic carbocycles. The molecule has 6 heteroatoms. The number of aryl methyl sites for hydroxylation is 1. The number of ether oxygens (including phenoxy) is 1. The van der Waals surface area contributed by atoms with Crippen LogP contribution in [0.3, 0.4) is 0 Å². The maximum absolute atomic E-state index is 6.33. The lowest BCUT2D eigenvalue weighted by atomic mass is 10.0. The fourth-order valence-electron chi connectivity index (χ4n) is 2.18. The number of tetrazole rings is 1. The highest BCUT2D eigenvalue weighted by Gasteiger charge is 2.12. The minimum atomic E-state index is 0.628. The molecule has 0 saturated carbocycles. The summed E-state index contributed by atoms with van der Waals surface area (Å²) in [5.41, 5.74) is 3.77. The molecule has 0 atom stereocenters. The standard InChI is InChI=1S/C15H13ClN4O/c1-10-6-7-13(15(21-2)14(10)16)11-4-3-5-12(8-11)20-9-17-18-19-20/h3-9H,1-2H3. The molecule has 0 unspecified atom stereocenters. The molecule has 1 aromatic heterocycles. The molecule has 1 heterocycles. The molecular weight excluding hydrogens is 288 g/mol. The van der Waals surface area contributed by atoms with Crippen LogP contribution in [0.2, 0.25) is 5.02 Å². The van der Waals surface area contributed by atoms with Gasteiger partial charge in [-0.2, -0.15) is 0 Å². The van der Waals surface area contributed by atoms with E-state index in [-0.39, 0.29) is 0 Å². The smallest absolute Gasteiger partial charge is 0.145 e. The predicted molar refractivity (Wildman–Crippen MR) is 80.9 cm³/mol. The number of methoxy groups -OCH3 is 1. The summed E-state index contributed by atoms with van der Waals surface area (Å²) in [5, 5.41) is 11.8. The van der Waals surface area contributed by atoms with Crippen LogP contribution in [0.5, 0.6) is 5.75 Å². The molecule has 0 spiro atoms. The summed E-state index contributed by atoms with van der Waals surface area (Å²) in [5.74, 6) is 0.672. The zero-order valence-corrected chi connectivity index (χ0v) is 12.4. The van der Waals surface area contributed by atoms with Crippen LogP contribution in [0.15, 0.2) is 42.7 Å². The summed E-state index contributed by atoms with van der Waals surface area (Å²) in [4.78, 5) is 0. The van der Waals surface area contributed by atoms with Crippen molar-refractivity contribution in [3.05, 3.63) is 53.3 Å². The van der Waals surface area contributed by atoms with Crippen molar-refractivity contribution >= 4 is 11.6 Å². The van der Waals surface area contributed by atoms with E-state index in [0.29, 0.717) is 10.8 Å². The van der Waals surface area contributed by atoms with Gasteiger partial charge in [0.15, 0.2) is 0 Å². The molecule has 0 bridgehead atoms. The van der Waals surface area contributed by atoms with Gasteiger partial charge in [-0.05, 0) is 40.6 Å². The molecule has 0 amide bonds. The summed E-state index contributed by atoms with van der Waals surface area (Å²) < 4.78 is 7.07. The SMILES string of the molecule is COc1c(-c2cccc(-n3cnnn3)c2)ccc(C)c1Cl. The molecule has 0 aliphatic carbocycles. The van der Waals surface area contributed by atoms with Gasteiger partial charge in [0.2, 0.25) is 0 Å². The van der Waals surface area contributed by atoms with Crippen LogP contribution in [-0.4, -0.2) is 27.3 Å². The third-order valence-electron chi connectivity index (χ3n) is 3.27. The van der Waals surface area contributed by atoms with Crippen LogP contribution < -0.4 is 4.74 Å². The molecular formula is C15H13ClN4O. The van der Waals surface area contributed by atoms with E-state index in [9.17, 15) is 0 Å². The monoisotopic (exact) mass is 300 g/mol. The van der Waals surface area contributed by atoms with Gasteiger partial charge in [-0.25, -0.2) is 4.68 Å². The zero-order chi connectivity index (χ0) is 14.8. The Morgan fingerprint density at radius 3 is 2.76 bits per heavy atom. The van der Waals surface area contributed by atoms with Crippen molar-refractivity contribution in [2.75, 3.05) is 7.11 Å². The van der Waals surface area contributed by atoms with Crippen molar-refractivity contribution in [2.24, 2.45) is 0 Å². The van der Waals surface area contributed by atoms with E-state index in [1.54, 1.807) is 18.1 Å². The van der Waals surface area contributed by atoms with Crippen LogP contribution in [0.1, 0.15) is 5.56 Å². The van der Waals surface area contributed by atoms with Gasteiger partial charge in [0, 0.05) is 5.56 Å². The zero-order valence-electron chi connectivity index (χ0n) is 11.6. The second-order valence-electron chi connectivity index (χ2n) is 4.58. The van der Waals surface area contributed by atoms with Gasteiger partial charge in [0.05, 0.1) is 17.8 Å². The van der Waals surface area contributed by atoms with Crippen LogP contribution in [0.4, 0.5) is 0 Å². The third kappa shape index (κ3) is 2.48. The van der Waals surface area contributed by atoms with Gasteiger partial charge in [-0.15, -0.1) is 5.10 Å². The summed E-state index contributed by atoms with van der Waals surface area (Å²) in [6, 6.07) is 11.8. The van der Waals surface area contributed by atoms with Crippen molar-refractivity contribution in [2.45, 2.75) is 6.92 Å². The highest BCUT2D eigenvalue weighted by molar-refractivity contribution is 6.33. The van der Waals surface area contributed by atoms with Gasteiger partial charge < -0.3 is 4.74 Å².